The topological polar surface area (TPSA) is 137 Å². The number of amides is 1. The van der Waals surface area contributed by atoms with Gasteiger partial charge in [-0.05, 0) is 55.3 Å². The minimum Gasteiger partial charge on any atom is -0.507 e. The second kappa shape index (κ2) is 8.76. The first kappa shape index (κ1) is 22.4. The molecule has 3 aromatic heterocycles. The molecule has 0 aliphatic heterocycles. The number of imidazole rings is 1. The van der Waals surface area contributed by atoms with Crippen LogP contribution in [0.25, 0.3) is 28.2 Å². The van der Waals surface area contributed by atoms with E-state index in [2.05, 4.69) is 10.3 Å². The lowest BCUT2D eigenvalue weighted by Gasteiger charge is -2.19. The van der Waals surface area contributed by atoms with Crippen LogP contribution in [-0.2, 0) is 9.36 Å². The van der Waals surface area contributed by atoms with Crippen molar-refractivity contribution in [2.75, 3.05) is 5.32 Å². The number of hydrogen-bond acceptors (Lipinski definition) is 5. The first-order valence-corrected chi connectivity index (χ1v) is 12.7. The van der Waals surface area contributed by atoms with Crippen molar-refractivity contribution >= 4 is 30.5 Å². The number of fused-ring (bicyclic) bond motifs is 1. The summed E-state index contributed by atoms with van der Waals surface area (Å²) < 4.78 is 18.6. The molecule has 1 saturated carbocycles. The van der Waals surface area contributed by atoms with Gasteiger partial charge in [0, 0.05) is 17.0 Å². The molecule has 4 aromatic rings. The second-order valence-corrected chi connectivity index (χ2v) is 10.0. The molecule has 176 valence electrons. The summed E-state index contributed by atoms with van der Waals surface area (Å²) in [6, 6.07) is 12.9. The third kappa shape index (κ3) is 4.37. The summed E-state index contributed by atoms with van der Waals surface area (Å²) in [6.07, 6.45) is 6.80. The van der Waals surface area contributed by atoms with Gasteiger partial charge in [0.1, 0.15) is 17.2 Å². The average Bonchev–Trinajstić information content (AvgIpc) is 3.47. The fourth-order valence-electron chi connectivity index (χ4n) is 4.42. The molecule has 1 aromatic carbocycles. The Morgan fingerprint density at radius 2 is 1.88 bits per heavy atom. The molecule has 5 rings (SSSR count). The quantitative estimate of drug-likeness (QED) is 0.312. The van der Waals surface area contributed by atoms with Gasteiger partial charge in [0.2, 0.25) is 11.4 Å². The maximum atomic E-state index is 12.7. The molecule has 0 bridgehead atoms. The number of nitrogens with one attached hydrogen (secondary N) is 1. The van der Waals surface area contributed by atoms with Crippen molar-refractivity contribution in [2.45, 2.75) is 32.1 Å². The largest absolute Gasteiger partial charge is 0.507 e. The predicted molar refractivity (Wildman–Crippen MR) is 127 cm³/mol. The molecule has 1 amide bonds. The van der Waals surface area contributed by atoms with Gasteiger partial charge in [0.25, 0.3) is 0 Å². The smallest absolute Gasteiger partial charge is 0.391 e. The first-order chi connectivity index (χ1) is 16.3. The summed E-state index contributed by atoms with van der Waals surface area (Å²) >= 11 is 0. The van der Waals surface area contributed by atoms with Crippen LogP contribution in [0.2, 0.25) is 0 Å². The lowest BCUT2D eigenvalue weighted by Crippen LogP contribution is -2.24. The summed E-state index contributed by atoms with van der Waals surface area (Å²) in [5.41, 5.74) is 1.81. The summed E-state index contributed by atoms with van der Waals surface area (Å²) in [6.45, 7) is 0. The Morgan fingerprint density at radius 1 is 1.09 bits per heavy atom. The number of phenolic OH excluding ortho intramolecular Hbond substituents is 1. The summed E-state index contributed by atoms with van der Waals surface area (Å²) in [5, 5.41) is 13.5. The Labute approximate surface area is 195 Å². The van der Waals surface area contributed by atoms with E-state index in [0.717, 1.165) is 25.7 Å². The van der Waals surface area contributed by atoms with Gasteiger partial charge in [-0.25, -0.2) is 4.98 Å². The Balaban J connectivity index is 1.49. The van der Waals surface area contributed by atoms with Gasteiger partial charge in [-0.1, -0.05) is 25.3 Å². The van der Waals surface area contributed by atoms with E-state index in [-0.39, 0.29) is 23.3 Å². The van der Waals surface area contributed by atoms with E-state index in [0.29, 0.717) is 28.3 Å². The minimum atomic E-state index is -4.51. The standard InChI is InChI=1S/C24H24N3O6P/c28-19-10-9-16(20-11-12-23(33-20)34(30,31)32)13-17(19)18-7-4-8-22-25-21(14-27(18)22)26-24(29)15-5-2-1-3-6-15/h4,7-15,28H,1-3,5-6H2,(H,26,29)(H2,30,31,32). The number of anilines is 1. The molecule has 0 atom stereocenters. The average molecular weight is 481 g/mol. The lowest BCUT2D eigenvalue weighted by atomic mass is 9.89. The van der Waals surface area contributed by atoms with Crippen LogP contribution in [0.15, 0.2) is 59.1 Å². The van der Waals surface area contributed by atoms with Crippen molar-refractivity contribution in [1.29, 1.82) is 0 Å². The predicted octanol–water partition coefficient (Wildman–Crippen LogP) is 4.29. The van der Waals surface area contributed by atoms with Crippen molar-refractivity contribution in [1.82, 2.24) is 9.38 Å². The first-order valence-electron chi connectivity index (χ1n) is 11.1. The fourth-order valence-corrected chi connectivity index (χ4v) is 4.90. The molecule has 1 aliphatic rings. The zero-order valence-corrected chi connectivity index (χ0v) is 19.1. The number of aromatic hydroxyl groups is 1. The number of rotatable bonds is 5. The summed E-state index contributed by atoms with van der Waals surface area (Å²) in [7, 11) is -4.51. The molecule has 4 N–H and O–H groups in total. The van der Waals surface area contributed by atoms with Crippen LogP contribution in [0.1, 0.15) is 32.1 Å². The van der Waals surface area contributed by atoms with Crippen LogP contribution >= 0.6 is 7.60 Å². The van der Waals surface area contributed by atoms with E-state index in [4.69, 9.17) is 4.42 Å². The zero-order chi connectivity index (χ0) is 23.9. The molecular formula is C24H24N3O6P. The number of carbonyl (C=O) groups is 1. The van der Waals surface area contributed by atoms with Crippen LogP contribution in [-0.4, -0.2) is 30.2 Å². The maximum Gasteiger partial charge on any atom is 0.391 e. The van der Waals surface area contributed by atoms with Gasteiger partial charge in [0.05, 0.1) is 11.9 Å². The van der Waals surface area contributed by atoms with Crippen LogP contribution in [0.3, 0.4) is 0 Å². The van der Waals surface area contributed by atoms with E-state index >= 15 is 0 Å². The number of nitrogens with zero attached hydrogens (tertiary/aromatic N) is 2. The van der Waals surface area contributed by atoms with Crippen LogP contribution in [0.4, 0.5) is 5.82 Å². The molecule has 0 radical (unpaired) electrons. The van der Waals surface area contributed by atoms with E-state index in [9.17, 15) is 24.3 Å². The van der Waals surface area contributed by atoms with Gasteiger partial charge in [0.15, 0.2) is 5.82 Å². The Hall–Kier alpha value is -3.39. The highest BCUT2D eigenvalue weighted by atomic mass is 31.2. The third-order valence-electron chi connectivity index (χ3n) is 6.16. The van der Waals surface area contributed by atoms with Crippen molar-refractivity contribution < 1.29 is 28.7 Å². The molecule has 34 heavy (non-hydrogen) atoms. The Kier molecular flexibility index (Phi) is 5.77. The van der Waals surface area contributed by atoms with Crippen LogP contribution in [0, 0.1) is 5.92 Å². The SMILES string of the molecule is O=C(Nc1cn2c(-c3cc(-c4ccc(P(=O)(O)O)o4)ccc3O)cccc2n1)C1CCCCC1. The molecule has 10 heteroatoms. The van der Waals surface area contributed by atoms with Gasteiger partial charge in [-0.3, -0.25) is 13.8 Å². The molecule has 0 spiro atoms. The van der Waals surface area contributed by atoms with Crippen molar-refractivity contribution in [3.8, 4) is 28.3 Å². The normalized spacial score (nSPS) is 15.0. The lowest BCUT2D eigenvalue weighted by molar-refractivity contribution is -0.120. The van der Waals surface area contributed by atoms with E-state index in [1.165, 1.54) is 24.6 Å². The van der Waals surface area contributed by atoms with Crippen molar-refractivity contribution in [2.24, 2.45) is 5.92 Å². The van der Waals surface area contributed by atoms with Crippen molar-refractivity contribution in [3.05, 3.63) is 54.7 Å². The van der Waals surface area contributed by atoms with E-state index in [1.54, 1.807) is 34.9 Å². The van der Waals surface area contributed by atoms with Crippen LogP contribution in [0.5, 0.6) is 5.75 Å². The molecule has 0 unspecified atom stereocenters. The number of furan rings is 1. The molecule has 1 fully saturated rings. The maximum absolute atomic E-state index is 12.7. The highest BCUT2D eigenvalue weighted by molar-refractivity contribution is 7.59. The highest BCUT2D eigenvalue weighted by Crippen LogP contribution is 2.38. The number of aromatic nitrogens is 2. The fraction of sp³-hybridized carbons (Fsp3) is 0.250. The van der Waals surface area contributed by atoms with E-state index < -0.39 is 13.1 Å². The molecule has 3 heterocycles. The second-order valence-electron chi connectivity index (χ2n) is 8.50. The highest BCUT2D eigenvalue weighted by Gasteiger charge is 2.24. The monoisotopic (exact) mass is 481 g/mol. The summed E-state index contributed by atoms with van der Waals surface area (Å²) in [5.74, 6) is 0.701. The Morgan fingerprint density at radius 3 is 2.62 bits per heavy atom. The number of benzene rings is 1. The number of phenols is 1. The molecular weight excluding hydrogens is 457 g/mol. The van der Waals surface area contributed by atoms with Gasteiger partial charge in [-0.15, -0.1) is 0 Å². The number of pyridine rings is 1. The molecule has 0 saturated heterocycles. The van der Waals surface area contributed by atoms with Gasteiger partial charge >= 0.3 is 7.60 Å². The third-order valence-corrected chi connectivity index (χ3v) is 6.97. The minimum absolute atomic E-state index is 0.00472. The van der Waals surface area contributed by atoms with Gasteiger partial charge in [-0.2, -0.15) is 0 Å². The molecule has 1 aliphatic carbocycles. The van der Waals surface area contributed by atoms with Gasteiger partial charge < -0.3 is 24.6 Å². The number of carbonyl (C=O) groups excluding carboxylic acids is 1. The Bertz CT molecular complexity index is 1410. The van der Waals surface area contributed by atoms with Crippen LogP contribution < -0.4 is 10.8 Å². The number of hydrogen-bond donors (Lipinski definition) is 4. The summed E-state index contributed by atoms with van der Waals surface area (Å²) in [4.78, 5) is 35.8. The van der Waals surface area contributed by atoms with Crippen molar-refractivity contribution in [3.63, 3.8) is 0 Å². The van der Waals surface area contributed by atoms with E-state index in [1.807, 2.05) is 6.07 Å². The molecule has 9 nitrogen and oxygen atoms in total. The zero-order valence-electron chi connectivity index (χ0n) is 18.2.